The molecule has 3 N–H and O–H groups in total. The molecule has 122 valence electrons. The molecule has 2 aliphatic heterocycles. The van der Waals surface area contributed by atoms with Crippen LogP contribution in [0.2, 0.25) is 0 Å². The number of Topliss-reactive ketones (excluding diaryl/α,β-unsaturated/α-hetero) is 1. The van der Waals surface area contributed by atoms with E-state index in [-0.39, 0.29) is 5.78 Å². The number of benzene rings is 2. The molecule has 0 bridgehead atoms. The molecule has 0 radical (unpaired) electrons. The first-order chi connectivity index (χ1) is 11.5. The molecular formula is C19H19N3O2. The average Bonchev–Trinajstić information content (AvgIpc) is 2.94. The quantitative estimate of drug-likeness (QED) is 0.890. The molecule has 0 saturated carbocycles. The van der Waals surface area contributed by atoms with Crippen molar-refractivity contribution < 1.29 is 9.90 Å². The normalized spacial score (nSPS) is 22.2. The topological polar surface area (TPSA) is 78.9 Å². The third kappa shape index (κ3) is 2.09. The summed E-state index contributed by atoms with van der Waals surface area (Å²) in [5.74, 6) is 0.154. The summed E-state index contributed by atoms with van der Waals surface area (Å²) >= 11 is 0. The molecule has 2 aliphatic rings. The van der Waals surface area contributed by atoms with Crippen LogP contribution in [-0.4, -0.2) is 28.9 Å². The van der Waals surface area contributed by atoms with Gasteiger partial charge in [-0.2, -0.15) is 0 Å². The number of nitrogens with zero attached hydrogens (tertiary/aromatic N) is 2. The summed E-state index contributed by atoms with van der Waals surface area (Å²) in [5.41, 5.74) is 8.18. The fourth-order valence-corrected chi connectivity index (χ4v) is 3.45. The van der Waals surface area contributed by atoms with Gasteiger partial charge in [-0.05, 0) is 36.8 Å². The van der Waals surface area contributed by atoms with Gasteiger partial charge in [0.2, 0.25) is 5.78 Å². The fraction of sp³-hybridized carbons (Fsp3) is 0.263. The number of ketones is 1. The van der Waals surface area contributed by atoms with Crippen molar-refractivity contribution in [2.45, 2.75) is 25.5 Å². The highest BCUT2D eigenvalue weighted by Crippen LogP contribution is 2.39. The Hall–Kier alpha value is -2.50. The lowest BCUT2D eigenvalue weighted by molar-refractivity contribution is 0.0602. The van der Waals surface area contributed by atoms with Crippen molar-refractivity contribution in [3.05, 3.63) is 59.2 Å². The van der Waals surface area contributed by atoms with Gasteiger partial charge in [0.15, 0.2) is 5.60 Å². The number of rotatable bonds is 2. The van der Waals surface area contributed by atoms with E-state index in [1.54, 1.807) is 6.07 Å². The Morgan fingerprint density at radius 1 is 1.29 bits per heavy atom. The number of aliphatic imine (C=N–C) groups is 1. The van der Waals surface area contributed by atoms with Gasteiger partial charge in [-0.1, -0.05) is 23.8 Å². The Labute approximate surface area is 140 Å². The molecule has 2 aromatic carbocycles. The van der Waals surface area contributed by atoms with Gasteiger partial charge in [-0.15, -0.1) is 0 Å². The van der Waals surface area contributed by atoms with E-state index in [1.807, 2.05) is 48.2 Å². The molecule has 0 spiro atoms. The zero-order valence-corrected chi connectivity index (χ0v) is 13.5. The number of anilines is 1. The van der Waals surface area contributed by atoms with E-state index >= 15 is 0 Å². The van der Waals surface area contributed by atoms with Gasteiger partial charge >= 0.3 is 0 Å². The molecule has 4 rings (SSSR count). The molecular weight excluding hydrogens is 302 g/mol. The van der Waals surface area contributed by atoms with Gasteiger partial charge in [0.1, 0.15) is 5.84 Å². The van der Waals surface area contributed by atoms with E-state index in [4.69, 9.17) is 5.73 Å². The molecule has 0 aliphatic carbocycles. The Kier molecular flexibility index (Phi) is 3.30. The number of fused-ring (bicyclic) bond motifs is 2. The molecule has 2 heterocycles. The molecule has 1 atom stereocenters. The van der Waals surface area contributed by atoms with Crippen LogP contribution in [0.3, 0.4) is 0 Å². The number of carbonyl (C=O) groups is 1. The second-order valence-electron chi connectivity index (χ2n) is 6.42. The molecule has 5 heteroatoms. The largest absolute Gasteiger partial charge is 0.374 e. The van der Waals surface area contributed by atoms with Crippen molar-refractivity contribution in [1.82, 2.24) is 0 Å². The molecule has 0 aromatic heterocycles. The molecule has 1 fully saturated rings. The second-order valence-corrected chi connectivity index (χ2v) is 6.42. The monoisotopic (exact) mass is 321 g/mol. The van der Waals surface area contributed by atoms with E-state index in [9.17, 15) is 9.90 Å². The van der Waals surface area contributed by atoms with Gasteiger partial charge in [0.05, 0.1) is 5.69 Å². The third-order valence-corrected chi connectivity index (χ3v) is 4.78. The third-order valence-electron chi connectivity index (χ3n) is 4.78. The van der Waals surface area contributed by atoms with Gasteiger partial charge in [-0.3, -0.25) is 4.79 Å². The van der Waals surface area contributed by atoms with Gasteiger partial charge in [0, 0.05) is 30.8 Å². The van der Waals surface area contributed by atoms with Crippen LogP contribution < -0.4 is 10.6 Å². The van der Waals surface area contributed by atoms with E-state index in [0.717, 1.165) is 16.8 Å². The van der Waals surface area contributed by atoms with E-state index in [2.05, 4.69) is 4.99 Å². The Morgan fingerprint density at radius 3 is 2.92 bits per heavy atom. The molecule has 0 unspecified atom stereocenters. The van der Waals surface area contributed by atoms with Crippen LogP contribution in [0, 0.1) is 6.92 Å². The number of amidine groups is 1. The van der Waals surface area contributed by atoms with Crippen molar-refractivity contribution in [1.29, 1.82) is 0 Å². The first-order valence-corrected chi connectivity index (χ1v) is 8.06. The summed E-state index contributed by atoms with van der Waals surface area (Å²) < 4.78 is 0. The highest BCUT2D eigenvalue weighted by atomic mass is 16.3. The highest BCUT2D eigenvalue weighted by Gasteiger charge is 2.52. The number of aliphatic hydroxyl groups is 1. The average molecular weight is 321 g/mol. The summed E-state index contributed by atoms with van der Waals surface area (Å²) in [5, 5.41) is 11.0. The van der Waals surface area contributed by atoms with Crippen LogP contribution in [-0.2, 0) is 6.54 Å². The van der Waals surface area contributed by atoms with Gasteiger partial charge in [0.25, 0.3) is 0 Å². The smallest absolute Gasteiger partial charge is 0.204 e. The Balaban J connectivity index is 1.84. The van der Waals surface area contributed by atoms with Crippen molar-refractivity contribution in [3.8, 4) is 0 Å². The van der Waals surface area contributed by atoms with Crippen LogP contribution in [0.1, 0.15) is 27.9 Å². The SMILES string of the molecule is Cc1ccc2c(c1)C(=O)[C@]1(O)CCN(c3cccc(CN)c3)C1=N2. The van der Waals surface area contributed by atoms with E-state index in [0.29, 0.717) is 36.6 Å². The maximum absolute atomic E-state index is 12.9. The highest BCUT2D eigenvalue weighted by molar-refractivity contribution is 6.28. The minimum Gasteiger partial charge on any atom is -0.374 e. The number of nitrogens with two attached hydrogens (primary N) is 1. The Morgan fingerprint density at radius 2 is 2.12 bits per heavy atom. The minimum absolute atomic E-state index is 0.260. The lowest BCUT2D eigenvalue weighted by Crippen LogP contribution is -2.48. The van der Waals surface area contributed by atoms with Gasteiger partial charge < -0.3 is 15.7 Å². The second kappa shape index (κ2) is 5.26. The number of carbonyl (C=O) groups excluding carboxylic acids is 1. The maximum atomic E-state index is 12.9. The molecule has 1 saturated heterocycles. The Bertz CT molecular complexity index is 875. The summed E-state index contributed by atoms with van der Waals surface area (Å²) in [6.07, 6.45) is 0.338. The van der Waals surface area contributed by atoms with Crippen molar-refractivity contribution in [2.75, 3.05) is 11.4 Å². The molecule has 24 heavy (non-hydrogen) atoms. The van der Waals surface area contributed by atoms with E-state index < -0.39 is 5.60 Å². The van der Waals surface area contributed by atoms with Crippen LogP contribution in [0.15, 0.2) is 47.5 Å². The summed E-state index contributed by atoms with van der Waals surface area (Å²) in [6.45, 7) is 2.91. The lowest BCUT2D eigenvalue weighted by Gasteiger charge is -2.30. The van der Waals surface area contributed by atoms with Crippen LogP contribution in [0.4, 0.5) is 11.4 Å². The first kappa shape index (κ1) is 15.1. The van der Waals surface area contributed by atoms with Crippen LogP contribution in [0.25, 0.3) is 0 Å². The zero-order valence-electron chi connectivity index (χ0n) is 13.5. The van der Waals surface area contributed by atoms with Crippen molar-refractivity contribution in [2.24, 2.45) is 10.7 Å². The van der Waals surface area contributed by atoms with Gasteiger partial charge in [-0.25, -0.2) is 4.99 Å². The molecule has 2 aromatic rings. The van der Waals surface area contributed by atoms with Crippen molar-refractivity contribution in [3.63, 3.8) is 0 Å². The predicted octanol–water partition coefficient (Wildman–Crippen LogP) is 2.32. The first-order valence-electron chi connectivity index (χ1n) is 8.06. The summed E-state index contributed by atoms with van der Waals surface area (Å²) in [7, 11) is 0. The number of hydrogen-bond donors (Lipinski definition) is 2. The van der Waals surface area contributed by atoms with E-state index in [1.165, 1.54) is 0 Å². The fourth-order valence-electron chi connectivity index (χ4n) is 3.45. The maximum Gasteiger partial charge on any atom is 0.204 e. The summed E-state index contributed by atoms with van der Waals surface area (Å²) in [4.78, 5) is 19.4. The zero-order chi connectivity index (χ0) is 16.9. The van der Waals surface area contributed by atoms with Crippen LogP contribution >= 0.6 is 0 Å². The lowest BCUT2D eigenvalue weighted by atomic mass is 9.87. The minimum atomic E-state index is -1.54. The van der Waals surface area contributed by atoms with Crippen LogP contribution in [0.5, 0.6) is 0 Å². The number of aryl methyl sites for hydroxylation is 1. The molecule has 5 nitrogen and oxygen atoms in total. The standard InChI is InChI=1S/C19H19N3O2/c1-12-5-6-16-15(9-12)17(23)19(24)7-8-22(18(19)21-16)14-4-2-3-13(10-14)11-20/h2-6,9-10,24H,7-8,11,20H2,1H3/t19-/m1/s1. The number of hydrogen-bond acceptors (Lipinski definition) is 5. The molecule has 0 amide bonds. The summed E-state index contributed by atoms with van der Waals surface area (Å²) in [6, 6.07) is 13.4. The predicted molar refractivity (Wildman–Crippen MR) is 93.9 cm³/mol. The van der Waals surface area contributed by atoms with Crippen molar-refractivity contribution >= 4 is 23.0 Å².